The summed E-state index contributed by atoms with van der Waals surface area (Å²) in [4.78, 5) is 6.90. The molecule has 1 heterocycles. The monoisotopic (exact) mass is 263 g/mol. The van der Waals surface area contributed by atoms with Crippen molar-refractivity contribution in [2.75, 3.05) is 26.2 Å². The van der Waals surface area contributed by atoms with Crippen molar-refractivity contribution >= 4 is 0 Å². The van der Waals surface area contributed by atoms with Crippen LogP contribution in [0, 0.1) is 6.92 Å². The van der Waals surface area contributed by atoms with Gasteiger partial charge in [-0.25, -0.2) is 0 Å². The van der Waals surface area contributed by atoms with E-state index in [1.807, 2.05) is 13.1 Å². The van der Waals surface area contributed by atoms with E-state index in [0.29, 0.717) is 6.04 Å². The first-order valence-electron chi connectivity index (χ1n) is 7.59. The quantitative estimate of drug-likeness (QED) is 0.742. The Morgan fingerprint density at radius 1 is 1.21 bits per heavy atom. The maximum Gasteiger partial charge on any atom is 0.0372 e. The summed E-state index contributed by atoms with van der Waals surface area (Å²) in [6.07, 6.45) is 4.33. The van der Waals surface area contributed by atoms with Crippen LogP contribution in [0.1, 0.15) is 50.9 Å². The minimum absolute atomic E-state index is 0.425. The molecule has 0 spiro atoms. The van der Waals surface area contributed by atoms with Gasteiger partial charge < -0.3 is 10.2 Å². The summed E-state index contributed by atoms with van der Waals surface area (Å²) in [6, 6.07) is 4.74. The molecule has 0 saturated carbocycles. The lowest BCUT2D eigenvalue weighted by molar-refractivity contribution is 0.281. The van der Waals surface area contributed by atoms with Crippen molar-refractivity contribution in [3.63, 3.8) is 0 Å². The van der Waals surface area contributed by atoms with Gasteiger partial charge in [-0.15, -0.1) is 0 Å². The highest BCUT2D eigenvalue weighted by Gasteiger charge is 2.12. The number of aryl methyl sites for hydroxylation is 1. The SMILES string of the molecule is CCCNC(CCN(CC)CC)c1ccc(C)nc1. The number of hydrogen-bond acceptors (Lipinski definition) is 3. The van der Waals surface area contributed by atoms with Gasteiger partial charge in [-0.3, -0.25) is 4.98 Å². The summed E-state index contributed by atoms with van der Waals surface area (Å²) < 4.78 is 0. The summed E-state index contributed by atoms with van der Waals surface area (Å²) in [5.41, 5.74) is 2.40. The molecule has 0 amide bonds. The predicted molar refractivity (Wildman–Crippen MR) is 82.4 cm³/mol. The van der Waals surface area contributed by atoms with Crippen molar-refractivity contribution in [2.45, 2.75) is 46.6 Å². The van der Waals surface area contributed by atoms with Crippen LogP contribution >= 0.6 is 0 Å². The Kier molecular flexibility index (Phi) is 7.68. The van der Waals surface area contributed by atoms with Gasteiger partial charge in [-0.2, -0.15) is 0 Å². The minimum atomic E-state index is 0.425. The molecule has 1 aromatic rings. The second-order valence-corrected chi connectivity index (χ2v) is 5.06. The number of aromatic nitrogens is 1. The zero-order chi connectivity index (χ0) is 14.1. The molecule has 108 valence electrons. The van der Waals surface area contributed by atoms with Crippen molar-refractivity contribution in [3.8, 4) is 0 Å². The van der Waals surface area contributed by atoms with E-state index in [1.165, 1.54) is 12.0 Å². The van der Waals surface area contributed by atoms with Crippen LogP contribution in [-0.2, 0) is 0 Å². The smallest absolute Gasteiger partial charge is 0.0372 e. The first-order valence-corrected chi connectivity index (χ1v) is 7.59. The number of hydrogen-bond donors (Lipinski definition) is 1. The Balaban J connectivity index is 2.63. The fourth-order valence-electron chi connectivity index (χ4n) is 2.24. The third-order valence-corrected chi connectivity index (χ3v) is 3.61. The molecular formula is C16H29N3. The van der Waals surface area contributed by atoms with E-state index in [0.717, 1.165) is 38.3 Å². The van der Waals surface area contributed by atoms with E-state index < -0.39 is 0 Å². The largest absolute Gasteiger partial charge is 0.310 e. The van der Waals surface area contributed by atoms with E-state index in [9.17, 15) is 0 Å². The molecule has 1 unspecified atom stereocenters. The van der Waals surface area contributed by atoms with Gasteiger partial charge in [0.15, 0.2) is 0 Å². The summed E-state index contributed by atoms with van der Waals surface area (Å²) >= 11 is 0. The average Bonchev–Trinajstić information content (AvgIpc) is 2.44. The van der Waals surface area contributed by atoms with Crippen LogP contribution in [0.2, 0.25) is 0 Å². The van der Waals surface area contributed by atoms with Crippen LogP contribution < -0.4 is 5.32 Å². The zero-order valence-corrected chi connectivity index (χ0v) is 12.9. The van der Waals surface area contributed by atoms with Crippen LogP contribution in [0.25, 0.3) is 0 Å². The van der Waals surface area contributed by atoms with Gasteiger partial charge in [-0.05, 0) is 57.6 Å². The molecular weight excluding hydrogens is 234 g/mol. The lowest BCUT2D eigenvalue weighted by Gasteiger charge is -2.24. The third-order valence-electron chi connectivity index (χ3n) is 3.61. The fourth-order valence-corrected chi connectivity index (χ4v) is 2.24. The van der Waals surface area contributed by atoms with Gasteiger partial charge in [0.25, 0.3) is 0 Å². The number of nitrogens with zero attached hydrogens (tertiary/aromatic N) is 2. The van der Waals surface area contributed by atoms with E-state index in [4.69, 9.17) is 0 Å². The van der Waals surface area contributed by atoms with Gasteiger partial charge in [0.05, 0.1) is 0 Å². The molecule has 1 aromatic heterocycles. The number of nitrogens with one attached hydrogen (secondary N) is 1. The lowest BCUT2D eigenvalue weighted by Crippen LogP contribution is -2.30. The molecule has 0 fully saturated rings. The van der Waals surface area contributed by atoms with Crippen LogP contribution in [0.4, 0.5) is 0 Å². The second kappa shape index (κ2) is 9.05. The topological polar surface area (TPSA) is 28.2 Å². The predicted octanol–water partition coefficient (Wildman–Crippen LogP) is 3.16. The maximum absolute atomic E-state index is 4.42. The Morgan fingerprint density at radius 2 is 1.95 bits per heavy atom. The molecule has 1 N–H and O–H groups in total. The molecule has 1 rings (SSSR count). The molecule has 0 aliphatic carbocycles. The maximum atomic E-state index is 4.42. The summed E-state index contributed by atoms with van der Waals surface area (Å²) in [6.45, 7) is 13.2. The van der Waals surface area contributed by atoms with E-state index >= 15 is 0 Å². The fraction of sp³-hybridized carbons (Fsp3) is 0.688. The van der Waals surface area contributed by atoms with E-state index in [2.05, 4.69) is 48.1 Å². The summed E-state index contributed by atoms with van der Waals surface area (Å²) in [5.74, 6) is 0. The molecule has 1 atom stereocenters. The second-order valence-electron chi connectivity index (χ2n) is 5.06. The molecule has 3 heteroatoms. The highest BCUT2D eigenvalue weighted by atomic mass is 15.1. The van der Waals surface area contributed by atoms with Gasteiger partial charge in [-0.1, -0.05) is 26.8 Å². The normalized spacial score (nSPS) is 12.9. The first-order chi connectivity index (χ1) is 9.21. The van der Waals surface area contributed by atoms with Crippen molar-refractivity contribution in [2.24, 2.45) is 0 Å². The Labute approximate surface area is 118 Å². The lowest BCUT2D eigenvalue weighted by atomic mass is 10.0. The van der Waals surface area contributed by atoms with E-state index in [1.54, 1.807) is 0 Å². The van der Waals surface area contributed by atoms with Crippen molar-refractivity contribution in [3.05, 3.63) is 29.6 Å². The van der Waals surface area contributed by atoms with E-state index in [-0.39, 0.29) is 0 Å². The molecule has 0 radical (unpaired) electrons. The molecule has 0 aliphatic heterocycles. The summed E-state index contributed by atoms with van der Waals surface area (Å²) in [5, 5.41) is 3.64. The first kappa shape index (κ1) is 16.1. The Hall–Kier alpha value is -0.930. The van der Waals surface area contributed by atoms with Gasteiger partial charge in [0.1, 0.15) is 0 Å². The molecule has 0 bridgehead atoms. The summed E-state index contributed by atoms with van der Waals surface area (Å²) in [7, 11) is 0. The van der Waals surface area contributed by atoms with Crippen molar-refractivity contribution in [1.82, 2.24) is 15.2 Å². The zero-order valence-electron chi connectivity index (χ0n) is 12.9. The van der Waals surface area contributed by atoms with Crippen LogP contribution in [0.15, 0.2) is 18.3 Å². The van der Waals surface area contributed by atoms with Crippen LogP contribution in [0.5, 0.6) is 0 Å². The Bertz CT molecular complexity index is 330. The molecule has 0 saturated heterocycles. The van der Waals surface area contributed by atoms with Crippen molar-refractivity contribution in [1.29, 1.82) is 0 Å². The van der Waals surface area contributed by atoms with Crippen molar-refractivity contribution < 1.29 is 0 Å². The Morgan fingerprint density at radius 3 is 2.47 bits per heavy atom. The van der Waals surface area contributed by atoms with Gasteiger partial charge in [0, 0.05) is 17.9 Å². The third kappa shape index (κ3) is 5.70. The highest BCUT2D eigenvalue weighted by molar-refractivity contribution is 5.17. The van der Waals surface area contributed by atoms with Gasteiger partial charge >= 0.3 is 0 Å². The molecule has 0 aromatic carbocycles. The molecule has 0 aliphatic rings. The van der Waals surface area contributed by atoms with Crippen LogP contribution in [0.3, 0.4) is 0 Å². The van der Waals surface area contributed by atoms with Crippen LogP contribution in [-0.4, -0.2) is 36.1 Å². The standard InChI is InChI=1S/C16H29N3/c1-5-11-17-16(10-12-19(6-2)7-3)15-9-8-14(4)18-13-15/h8-9,13,16-17H,5-7,10-12H2,1-4H3. The number of rotatable bonds is 9. The molecule has 3 nitrogen and oxygen atoms in total. The average molecular weight is 263 g/mol. The highest BCUT2D eigenvalue weighted by Crippen LogP contribution is 2.16. The van der Waals surface area contributed by atoms with Gasteiger partial charge in [0.2, 0.25) is 0 Å². The molecule has 19 heavy (non-hydrogen) atoms. The number of pyridine rings is 1. The minimum Gasteiger partial charge on any atom is -0.310 e.